The summed E-state index contributed by atoms with van der Waals surface area (Å²) in [5.41, 5.74) is 2.33. The van der Waals surface area contributed by atoms with Crippen molar-refractivity contribution in [3.63, 3.8) is 0 Å². The predicted octanol–water partition coefficient (Wildman–Crippen LogP) is 6.26. The SMILES string of the molecule is COc1ccc2cc(C(C)C(=O)OC3c4ccc(OC(C)=O)cc4OCC3c3ccc(OC(C)=O)cc3)ccc2c1. The molecule has 1 heterocycles. The first-order valence-electron chi connectivity index (χ1n) is 13.2. The standard InChI is InChI=1S/C33H30O8/c1-19(23-5-6-25-16-27(37-4)12-9-24(25)15-23)33(36)41-32-29-14-13-28(40-21(3)35)17-31(29)38-18-30(32)22-7-10-26(11-8-22)39-20(2)34/h5-17,19,30,32H,18H2,1-4H3. The molecule has 0 amide bonds. The number of methoxy groups -OCH3 is 1. The molecule has 0 aromatic heterocycles. The van der Waals surface area contributed by atoms with Crippen LogP contribution in [0, 0.1) is 0 Å². The van der Waals surface area contributed by atoms with E-state index in [0.29, 0.717) is 22.8 Å². The molecule has 41 heavy (non-hydrogen) atoms. The fourth-order valence-electron chi connectivity index (χ4n) is 4.96. The predicted molar refractivity (Wildman–Crippen MR) is 151 cm³/mol. The molecular formula is C33H30O8. The van der Waals surface area contributed by atoms with Crippen molar-refractivity contribution in [2.45, 2.75) is 38.7 Å². The monoisotopic (exact) mass is 554 g/mol. The van der Waals surface area contributed by atoms with Crippen LogP contribution in [0.5, 0.6) is 23.0 Å². The Balaban J connectivity index is 1.45. The summed E-state index contributed by atoms with van der Waals surface area (Å²) in [6, 6.07) is 23.7. The smallest absolute Gasteiger partial charge is 0.313 e. The van der Waals surface area contributed by atoms with E-state index in [2.05, 4.69) is 0 Å². The van der Waals surface area contributed by atoms with Gasteiger partial charge >= 0.3 is 17.9 Å². The summed E-state index contributed by atoms with van der Waals surface area (Å²) >= 11 is 0. The Morgan fingerprint density at radius 1 is 0.780 bits per heavy atom. The van der Waals surface area contributed by atoms with Gasteiger partial charge in [-0.1, -0.05) is 36.4 Å². The molecule has 4 aromatic rings. The van der Waals surface area contributed by atoms with Crippen LogP contribution in [0.2, 0.25) is 0 Å². The maximum Gasteiger partial charge on any atom is 0.313 e. The fourth-order valence-corrected chi connectivity index (χ4v) is 4.96. The van der Waals surface area contributed by atoms with Gasteiger partial charge in [0.2, 0.25) is 0 Å². The van der Waals surface area contributed by atoms with Crippen LogP contribution in [0.15, 0.2) is 78.9 Å². The van der Waals surface area contributed by atoms with E-state index < -0.39 is 24.0 Å². The molecule has 210 valence electrons. The molecule has 0 N–H and O–H groups in total. The average molecular weight is 555 g/mol. The van der Waals surface area contributed by atoms with Crippen LogP contribution in [0.25, 0.3) is 10.8 Å². The lowest BCUT2D eigenvalue weighted by Crippen LogP contribution is -2.29. The van der Waals surface area contributed by atoms with Crippen molar-refractivity contribution in [2.75, 3.05) is 13.7 Å². The van der Waals surface area contributed by atoms with E-state index in [1.807, 2.05) is 55.5 Å². The summed E-state index contributed by atoms with van der Waals surface area (Å²) < 4.78 is 28.0. The number of esters is 3. The van der Waals surface area contributed by atoms with E-state index in [1.54, 1.807) is 37.4 Å². The number of carbonyl (C=O) groups is 3. The lowest BCUT2D eigenvalue weighted by Gasteiger charge is -2.34. The van der Waals surface area contributed by atoms with Gasteiger partial charge in [0.05, 0.1) is 25.6 Å². The Labute approximate surface area is 237 Å². The molecule has 0 bridgehead atoms. The van der Waals surface area contributed by atoms with Crippen LogP contribution >= 0.6 is 0 Å². The maximum absolute atomic E-state index is 13.6. The molecule has 3 atom stereocenters. The zero-order valence-electron chi connectivity index (χ0n) is 23.2. The minimum absolute atomic E-state index is 0.216. The van der Waals surface area contributed by atoms with Crippen molar-refractivity contribution in [1.82, 2.24) is 0 Å². The molecule has 0 fully saturated rings. The third kappa shape index (κ3) is 6.17. The van der Waals surface area contributed by atoms with Crippen LogP contribution < -0.4 is 18.9 Å². The zero-order valence-corrected chi connectivity index (χ0v) is 23.2. The number of carbonyl (C=O) groups excluding carboxylic acids is 3. The van der Waals surface area contributed by atoms with Crippen LogP contribution in [0.1, 0.15) is 55.4 Å². The second kappa shape index (κ2) is 11.7. The molecular weight excluding hydrogens is 524 g/mol. The lowest BCUT2D eigenvalue weighted by molar-refractivity contribution is -0.153. The van der Waals surface area contributed by atoms with Gasteiger partial charge in [-0.3, -0.25) is 14.4 Å². The molecule has 3 unspecified atom stereocenters. The second-order valence-electron chi connectivity index (χ2n) is 9.93. The first-order valence-corrected chi connectivity index (χ1v) is 13.2. The van der Waals surface area contributed by atoms with E-state index in [0.717, 1.165) is 27.6 Å². The second-order valence-corrected chi connectivity index (χ2v) is 9.93. The van der Waals surface area contributed by atoms with E-state index in [4.69, 9.17) is 23.7 Å². The molecule has 0 saturated heterocycles. The highest BCUT2D eigenvalue weighted by Crippen LogP contribution is 2.45. The number of ether oxygens (including phenoxy) is 5. The third-order valence-electron chi connectivity index (χ3n) is 7.07. The molecule has 8 nitrogen and oxygen atoms in total. The normalized spacial score (nSPS) is 16.6. The summed E-state index contributed by atoms with van der Waals surface area (Å²) in [5.74, 6) is -0.134. The molecule has 1 aliphatic heterocycles. The zero-order chi connectivity index (χ0) is 29.1. The van der Waals surface area contributed by atoms with Gasteiger partial charge in [0.25, 0.3) is 0 Å². The minimum Gasteiger partial charge on any atom is -0.497 e. The first kappa shape index (κ1) is 27.7. The Kier molecular flexibility index (Phi) is 7.92. The third-order valence-corrected chi connectivity index (χ3v) is 7.07. The Hall–Kier alpha value is -4.85. The Bertz CT molecular complexity index is 1610. The van der Waals surface area contributed by atoms with Crippen molar-refractivity contribution >= 4 is 28.7 Å². The quantitative estimate of drug-likeness (QED) is 0.195. The topological polar surface area (TPSA) is 97.4 Å². The number of rotatable bonds is 7. The number of hydrogen-bond acceptors (Lipinski definition) is 8. The van der Waals surface area contributed by atoms with Crippen LogP contribution in [-0.4, -0.2) is 31.6 Å². The van der Waals surface area contributed by atoms with Gasteiger partial charge in [0.15, 0.2) is 0 Å². The van der Waals surface area contributed by atoms with Crippen molar-refractivity contribution in [3.8, 4) is 23.0 Å². The largest absolute Gasteiger partial charge is 0.497 e. The van der Waals surface area contributed by atoms with Gasteiger partial charge < -0.3 is 23.7 Å². The van der Waals surface area contributed by atoms with Gasteiger partial charge in [-0.15, -0.1) is 0 Å². The van der Waals surface area contributed by atoms with Crippen molar-refractivity contribution < 1.29 is 38.1 Å². The van der Waals surface area contributed by atoms with Crippen LogP contribution in [0.4, 0.5) is 0 Å². The first-order chi connectivity index (χ1) is 19.7. The molecule has 0 saturated carbocycles. The van der Waals surface area contributed by atoms with Gasteiger partial charge in [-0.05, 0) is 65.2 Å². The van der Waals surface area contributed by atoms with Gasteiger partial charge in [-0.2, -0.15) is 0 Å². The number of benzene rings is 4. The van der Waals surface area contributed by atoms with Crippen LogP contribution in [0.3, 0.4) is 0 Å². The molecule has 0 aliphatic carbocycles. The van der Waals surface area contributed by atoms with Crippen molar-refractivity contribution in [1.29, 1.82) is 0 Å². The van der Waals surface area contributed by atoms with Gasteiger partial charge in [-0.25, -0.2) is 0 Å². The van der Waals surface area contributed by atoms with Crippen molar-refractivity contribution in [3.05, 3.63) is 95.6 Å². The van der Waals surface area contributed by atoms with Crippen molar-refractivity contribution in [2.24, 2.45) is 0 Å². The van der Waals surface area contributed by atoms with Gasteiger partial charge in [0.1, 0.15) is 29.1 Å². The minimum atomic E-state index is -0.677. The molecule has 0 radical (unpaired) electrons. The fraction of sp³-hybridized carbons (Fsp3) is 0.242. The Morgan fingerprint density at radius 2 is 1.41 bits per heavy atom. The van der Waals surface area contributed by atoms with Crippen LogP contribution in [-0.2, 0) is 19.1 Å². The molecule has 8 heteroatoms. The summed E-state index contributed by atoms with van der Waals surface area (Å²) in [4.78, 5) is 36.4. The molecule has 1 aliphatic rings. The maximum atomic E-state index is 13.6. The summed E-state index contributed by atoms with van der Waals surface area (Å²) in [6.07, 6.45) is -0.677. The summed E-state index contributed by atoms with van der Waals surface area (Å²) in [7, 11) is 1.63. The summed E-state index contributed by atoms with van der Waals surface area (Å²) in [5, 5.41) is 2.00. The number of fused-ring (bicyclic) bond motifs is 2. The highest BCUT2D eigenvalue weighted by atomic mass is 16.6. The van der Waals surface area contributed by atoms with Gasteiger partial charge in [0, 0.05) is 25.5 Å². The highest BCUT2D eigenvalue weighted by Gasteiger charge is 2.36. The van der Waals surface area contributed by atoms with E-state index in [-0.39, 0.29) is 18.5 Å². The molecule has 5 rings (SSSR count). The number of hydrogen-bond donors (Lipinski definition) is 0. The van der Waals surface area contributed by atoms with E-state index >= 15 is 0 Å². The highest BCUT2D eigenvalue weighted by molar-refractivity contribution is 5.87. The van der Waals surface area contributed by atoms with E-state index in [9.17, 15) is 14.4 Å². The lowest BCUT2D eigenvalue weighted by atomic mass is 9.87. The summed E-state index contributed by atoms with van der Waals surface area (Å²) in [6.45, 7) is 4.70. The Morgan fingerprint density at radius 3 is 2.12 bits per heavy atom. The molecule has 0 spiro atoms. The average Bonchev–Trinajstić information content (AvgIpc) is 2.96. The van der Waals surface area contributed by atoms with E-state index in [1.165, 1.54) is 13.8 Å². The molecule has 4 aromatic carbocycles.